The van der Waals surface area contributed by atoms with Crippen molar-refractivity contribution in [1.82, 2.24) is 14.8 Å². The number of piperidine rings is 1. The zero-order chi connectivity index (χ0) is 27.9. The molecular weight excluding hydrogens is 517 g/mol. The number of aromatic nitrogens is 1. The van der Waals surface area contributed by atoms with Gasteiger partial charge >= 0.3 is 12.1 Å². The summed E-state index contributed by atoms with van der Waals surface area (Å²) in [5, 5.41) is 7.94. The van der Waals surface area contributed by atoms with Crippen LogP contribution in [0.3, 0.4) is 0 Å². The molecule has 2 aliphatic rings. The molecule has 1 N–H and O–H groups in total. The molecule has 10 heteroatoms. The maximum Gasteiger partial charge on any atom is 0.490 e. The Kier molecular flexibility index (Phi) is 10.8. The number of likely N-dealkylation sites (N-methyl/N-ethyl adjacent to an activating group) is 1. The molecule has 0 saturated carbocycles. The third-order valence-electron chi connectivity index (χ3n) is 7.29. The van der Waals surface area contributed by atoms with Gasteiger partial charge in [-0.25, -0.2) is 9.78 Å². The number of carbonyl (C=O) groups is 1. The Hall–Kier alpha value is -2.36. The van der Waals surface area contributed by atoms with Crippen LogP contribution < -0.4 is 4.90 Å². The van der Waals surface area contributed by atoms with E-state index < -0.39 is 12.1 Å². The Morgan fingerprint density at radius 2 is 1.71 bits per heavy atom. The van der Waals surface area contributed by atoms with Crippen molar-refractivity contribution in [2.45, 2.75) is 63.8 Å². The molecule has 2 aromatic rings. The Morgan fingerprint density at radius 1 is 1.08 bits per heavy atom. The number of alkyl halides is 3. The zero-order valence-corrected chi connectivity index (χ0v) is 23.0. The lowest BCUT2D eigenvalue weighted by atomic mass is 9.91. The van der Waals surface area contributed by atoms with Gasteiger partial charge in [0.2, 0.25) is 0 Å². The minimum Gasteiger partial charge on any atom is -0.475 e. The van der Waals surface area contributed by atoms with E-state index in [9.17, 15) is 13.2 Å². The standard InChI is InChI=1S/C26H37ClN4.C2HF3O2/c1-20(2)16-24-19-31(23-11-14-30(15-12-23)26-6-4-5-13-28-26)25(18-29(24)3)17-21-7-9-22(27)10-8-21;3-2(4,5)1(6)7/h4-10,13,20,23-25H,11-12,14-19H2,1-3H3;(H,6,7)/t24-,25-;/m0./s1. The van der Waals surface area contributed by atoms with Crippen molar-refractivity contribution in [3.05, 3.63) is 59.2 Å². The van der Waals surface area contributed by atoms with E-state index in [2.05, 4.69) is 64.8 Å². The summed E-state index contributed by atoms with van der Waals surface area (Å²) in [7, 11) is 2.32. The second kappa shape index (κ2) is 13.6. The molecular formula is C28H38ClF3N4O2. The first kappa shape index (κ1) is 30.2. The van der Waals surface area contributed by atoms with Gasteiger partial charge in [0.1, 0.15) is 5.82 Å². The van der Waals surface area contributed by atoms with E-state index >= 15 is 0 Å². The molecule has 2 saturated heterocycles. The Morgan fingerprint density at radius 3 is 2.24 bits per heavy atom. The first-order valence-corrected chi connectivity index (χ1v) is 13.5. The van der Waals surface area contributed by atoms with Crippen molar-refractivity contribution in [2.24, 2.45) is 5.92 Å². The monoisotopic (exact) mass is 554 g/mol. The predicted molar refractivity (Wildman–Crippen MR) is 145 cm³/mol. The summed E-state index contributed by atoms with van der Waals surface area (Å²) < 4.78 is 31.7. The molecule has 0 radical (unpaired) electrons. The number of halogens is 4. The molecule has 2 atom stereocenters. The molecule has 0 aliphatic carbocycles. The number of aliphatic carboxylic acids is 1. The first-order chi connectivity index (χ1) is 17.9. The molecule has 1 aromatic carbocycles. The van der Waals surface area contributed by atoms with E-state index in [-0.39, 0.29) is 0 Å². The lowest BCUT2D eigenvalue weighted by molar-refractivity contribution is -0.192. The number of benzene rings is 1. The summed E-state index contributed by atoms with van der Waals surface area (Å²) in [5.41, 5.74) is 1.39. The van der Waals surface area contributed by atoms with E-state index in [1.54, 1.807) is 0 Å². The molecule has 0 spiro atoms. The van der Waals surface area contributed by atoms with Crippen molar-refractivity contribution in [1.29, 1.82) is 0 Å². The SMILES string of the molecule is CC(C)C[C@H]1CN(C2CCN(c3ccccn3)CC2)[C@@H](Cc2ccc(Cl)cc2)CN1C.O=C(O)C(F)(F)F. The second-order valence-electron chi connectivity index (χ2n) is 10.6. The highest BCUT2D eigenvalue weighted by Crippen LogP contribution is 2.29. The van der Waals surface area contributed by atoms with Crippen LogP contribution in [0.2, 0.25) is 5.02 Å². The average molecular weight is 555 g/mol. The molecule has 4 rings (SSSR count). The Bertz CT molecular complexity index is 999. The van der Waals surface area contributed by atoms with Crippen molar-refractivity contribution in [3.63, 3.8) is 0 Å². The number of anilines is 1. The van der Waals surface area contributed by atoms with E-state index in [4.69, 9.17) is 21.5 Å². The van der Waals surface area contributed by atoms with Crippen LogP contribution in [0, 0.1) is 5.92 Å². The fraction of sp³-hybridized carbons (Fsp3) is 0.571. The molecule has 2 fully saturated rings. The van der Waals surface area contributed by atoms with Crippen LogP contribution in [-0.4, -0.2) is 83.4 Å². The van der Waals surface area contributed by atoms with Crippen LogP contribution in [0.15, 0.2) is 48.7 Å². The largest absolute Gasteiger partial charge is 0.490 e. The molecule has 38 heavy (non-hydrogen) atoms. The Balaban J connectivity index is 0.000000505. The molecule has 1 aromatic heterocycles. The second-order valence-corrected chi connectivity index (χ2v) is 11.0. The average Bonchev–Trinajstić information content (AvgIpc) is 2.87. The van der Waals surface area contributed by atoms with Crippen molar-refractivity contribution in [2.75, 3.05) is 38.1 Å². The number of hydrogen-bond acceptors (Lipinski definition) is 5. The quantitative estimate of drug-likeness (QED) is 0.501. The highest BCUT2D eigenvalue weighted by atomic mass is 35.5. The summed E-state index contributed by atoms with van der Waals surface area (Å²) in [6.07, 6.45) is 1.61. The van der Waals surface area contributed by atoms with E-state index in [0.29, 0.717) is 18.1 Å². The summed E-state index contributed by atoms with van der Waals surface area (Å²) >= 11 is 6.13. The number of nitrogens with zero attached hydrogens (tertiary/aromatic N) is 4. The molecule has 0 amide bonds. The normalized spacial score (nSPS) is 21.7. The molecule has 6 nitrogen and oxygen atoms in total. The van der Waals surface area contributed by atoms with Gasteiger partial charge in [-0.1, -0.05) is 43.6 Å². The van der Waals surface area contributed by atoms with Crippen LogP contribution >= 0.6 is 11.6 Å². The van der Waals surface area contributed by atoms with Crippen LogP contribution in [0.5, 0.6) is 0 Å². The maximum atomic E-state index is 10.6. The van der Waals surface area contributed by atoms with Crippen molar-refractivity contribution in [3.8, 4) is 0 Å². The van der Waals surface area contributed by atoms with E-state index in [0.717, 1.165) is 42.8 Å². The summed E-state index contributed by atoms with van der Waals surface area (Å²) in [6.45, 7) is 9.21. The zero-order valence-electron chi connectivity index (χ0n) is 22.2. The van der Waals surface area contributed by atoms with E-state index in [1.165, 1.54) is 31.4 Å². The third kappa shape index (κ3) is 8.85. The van der Waals surface area contributed by atoms with Crippen LogP contribution in [0.4, 0.5) is 19.0 Å². The number of piperazine rings is 1. The molecule has 210 valence electrons. The van der Waals surface area contributed by atoms with Gasteiger partial charge in [0.15, 0.2) is 0 Å². The fourth-order valence-electron chi connectivity index (χ4n) is 5.41. The molecule has 0 bridgehead atoms. The van der Waals surface area contributed by atoms with Gasteiger partial charge in [-0.15, -0.1) is 0 Å². The number of pyridine rings is 1. The third-order valence-corrected chi connectivity index (χ3v) is 7.54. The molecule has 3 heterocycles. The maximum absolute atomic E-state index is 10.6. The summed E-state index contributed by atoms with van der Waals surface area (Å²) in [6, 6.07) is 16.5. The van der Waals surface area contributed by atoms with Crippen LogP contribution in [0.25, 0.3) is 0 Å². The van der Waals surface area contributed by atoms with Gasteiger partial charge < -0.3 is 14.9 Å². The van der Waals surface area contributed by atoms with Gasteiger partial charge in [0.05, 0.1) is 0 Å². The van der Waals surface area contributed by atoms with Gasteiger partial charge in [0, 0.05) is 55.5 Å². The van der Waals surface area contributed by atoms with E-state index in [1.807, 2.05) is 24.4 Å². The number of hydrogen-bond donors (Lipinski definition) is 1. The molecule has 0 unspecified atom stereocenters. The first-order valence-electron chi connectivity index (χ1n) is 13.1. The van der Waals surface area contributed by atoms with Crippen molar-refractivity contribution < 1.29 is 23.1 Å². The number of carboxylic acid groups (broad SMARTS) is 1. The minimum absolute atomic E-state index is 0.556. The van der Waals surface area contributed by atoms with Gasteiger partial charge in [-0.3, -0.25) is 4.90 Å². The van der Waals surface area contributed by atoms with Gasteiger partial charge in [-0.05, 0) is 68.5 Å². The lowest BCUT2D eigenvalue weighted by Gasteiger charge is -2.50. The van der Waals surface area contributed by atoms with Crippen LogP contribution in [0.1, 0.15) is 38.7 Å². The minimum atomic E-state index is -5.08. The molecule has 2 aliphatic heterocycles. The highest BCUT2D eigenvalue weighted by Gasteiger charge is 2.38. The van der Waals surface area contributed by atoms with Crippen molar-refractivity contribution >= 4 is 23.4 Å². The fourth-order valence-corrected chi connectivity index (χ4v) is 5.53. The van der Waals surface area contributed by atoms with Gasteiger partial charge in [0.25, 0.3) is 0 Å². The topological polar surface area (TPSA) is 59.9 Å². The Labute approximate surface area is 228 Å². The lowest BCUT2D eigenvalue weighted by Crippen LogP contribution is -2.62. The summed E-state index contributed by atoms with van der Waals surface area (Å²) in [4.78, 5) is 21.4. The van der Waals surface area contributed by atoms with Crippen LogP contribution in [-0.2, 0) is 11.2 Å². The van der Waals surface area contributed by atoms with Gasteiger partial charge in [-0.2, -0.15) is 13.2 Å². The smallest absolute Gasteiger partial charge is 0.475 e. The highest BCUT2D eigenvalue weighted by molar-refractivity contribution is 6.30. The number of carboxylic acids is 1. The summed E-state index contributed by atoms with van der Waals surface area (Å²) in [5.74, 6) is -0.907. The number of rotatable bonds is 6. The predicted octanol–water partition coefficient (Wildman–Crippen LogP) is 5.61.